The normalized spacial score (nSPS) is 21.8. The molecule has 1 aliphatic rings. The van der Waals surface area contributed by atoms with E-state index in [9.17, 15) is 14.9 Å². The van der Waals surface area contributed by atoms with Crippen molar-refractivity contribution in [2.24, 2.45) is 5.92 Å². The number of ketones is 1. The summed E-state index contributed by atoms with van der Waals surface area (Å²) in [5.74, 6) is 0.686. The van der Waals surface area contributed by atoms with Gasteiger partial charge in [0.05, 0.1) is 6.26 Å². The highest BCUT2D eigenvalue weighted by molar-refractivity contribution is 5.82. The number of nitro groups is 1. The summed E-state index contributed by atoms with van der Waals surface area (Å²) in [4.78, 5) is 22.2. The highest BCUT2D eigenvalue weighted by atomic mass is 16.6. The molecule has 5 nitrogen and oxygen atoms in total. The summed E-state index contributed by atoms with van der Waals surface area (Å²) < 4.78 is 5.35. The molecule has 98 valence electrons. The molecular weight excluding hydrogens is 234 g/mol. The number of furan rings is 1. The van der Waals surface area contributed by atoms with Gasteiger partial charge in [-0.25, -0.2) is 0 Å². The van der Waals surface area contributed by atoms with Crippen LogP contribution in [0.1, 0.15) is 43.8 Å². The third kappa shape index (κ3) is 2.97. The van der Waals surface area contributed by atoms with Gasteiger partial charge in [0.1, 0.15) is 11.5 Å². The van der Waals surface area contributed by atoms with Crippen molar-refractivity contribution in [3.63, 3.8) is 0 Å². The molecule has 0 amide bonds. The molecule has 1 heterocycles. The van der Waals surface area contributed by atoms with E-state index < -0.39 is 0 Å². The molecule has 1 saturated carbocycles. The highest BCUT2D eigenvalue weighted by Crippen LogP contribution is 2.36. The first-order valence-electron chi connectivity index (χ1n) is 6.36. The van der Waals surface area contributed by atoms with Gasteiger partial charge < -0.3 is 4.42 Å². The maximum atomic E-state index is 12.0. The van der Waals surface area contributed by atoms with E-state index in [1.807, 2.05) is 6.07 Å². The quantitative estimate of drug-likeness (QED) is 0.595. The van der Waals surface area contributed by atoms with E-state index >= 15 is 0 Å². The van der Waals surface area contributed by atoms with Gasteiger partial charge in [-0.3, -0.25) is 14.9 Å². The van der Waals surface area contributed by atoms with Crippen molar-refractivity contribution in [2.75, 3.05) is 6.54 Å². The van der Waals surface area contributed by atoms with Crippen LogP contribution in [0.25, 0.3) is 0 Å². The summed E-state index contributed by atoms with van der Waals surface area (Å²) in [7, 11) is 0. The molecule has 0 radical (unpaired) electrons. The summed E-state index contributed by atoms with van der Waals surface area (Å²) in [5, 5.41) is 10.5. The molecule has 0 saturated heterocycles. The predicted octanol–water partition coefficient (Wildman–Crippen LogP) is 2.79. The molecule has 5 heteroatoms. The minimum atomic E-state index is -0.330. The molecule has 1 aliphatic carbocycles. The van der Waals surface area contributed by atoms with Crippen LogP contribution in [0.3, 0.4) is 0 Å². The average molecular weight is 251 g/mol. The Morgan fingerprint density at radius 1 is 1.50 bits per heavy atom. The van der Waals surface area contributed by atoms with Gasteiger partial charge >= 0.3 is 0 Å². The van der Waals surface area contributed by atoms with Crippen LogP contribution in [0, 0.1) is 16.0 Å². The van der Waals surface area contributed by atoms with Crippen LogP contribution in [-0.4, -0.2) is 17.3 Å². The van der Waals surface area contributed by atoms with Crippen molar-refractivity contribution in [1.29, 1.82) is 0 Å². The fourth-order valence-corrected chi connectivity index (χ4v) is 2.72. The fourth-order valence-electron chi connectivity index (χ4n) is 2.72. The Hall–Kier alpha value is -1.65. The monoisotopic (exact) mass is 251 g/mol. The van der Waals surface area contributed by atoms with Crippen LogP contribution in [0.4, 0.5) is 0 Å². The van der Waals surface area contributed by atoms with E-state index in [-0.39, 0.29) is 29.1 Å². The van der Waals surface area contributed by atoms with Gasteiger partial charge in [-0.15, -0.1) is 0 Å². The Morgan fingerprint density at radius 2 is 2.33 bits per heavy atom. The average Bonchev–Trinajstić information content (AvgIpc) is 2.85. The fraction of sp³-hybridized carbons (Fsp3) is 0.615. The van der Waals surface area contributed by atoms with Crippen LogP contribution in [0.15, 0.2) is 22.8 Å². The maximum absolute atomic E-state index is 12.0. The molecule has 0 unspecified atom stereocenters. The third-order valence-electron chi connectivity index (χ3n) is 3.62. The van der Waals surface area contributed by atoms with E-state index in [0.29, 0.717) is 18.6 Å². The predicted molar refractivity (Wildman–Crippen MR) is 64.9 cm³/mol. The van der Waals surface area contributed by atoms with Crippen molar-refractivity contribution in [3.05, 3.63) is 34.3 Å². The van der Waals surface area contributed by atoms with Crippen LogP contribution < -0.4 is 0 Å². The molecule has 1 aromatic rings. The minimum Gasteiger partial charge on any atom is -0.469 e. The first-order chi connectivity index (χ1) is 8.68. The van der Waals surface area contributed by atoms with E-state index in [0.717, 1.165) is 19.3 Å². The zero-order chi connectivity index (χ0) is 13.0. The van der Waals surface area contributed by atoms with Gasteiger partial charge in [0.25, 0.3) is 0 Å². The van der Waals surface area contributed by atoms with E-state index in [4.69, 9.17) is 4.42 Å². The second kappa shape index (κ2) is 5.80. The van der Waals surface area contributed by atoms with Gasteiger partial charge in [-0.1, -0.05) is 6.42 Å². The molecule has 0 bridgehead atoms. The zero-order valence-corrected chi connectivity index (χ0v) is 10.2. The van der Waals surface area contributed by atoms with Crippen LogP contribution in [-0.2, 0) is 4.79 Å². The van der Waals surface area contributed by atoms with Crippen molar-refractivity contribution in [2.45, 2.75) is 38.0 Å². The van der Waals surface area contributed by atoms with E-state index in [2.05, 4.69) is 0 Å². The summed E-state index contributed by atoms with van der Waals surface area (Å²) in [5.41, 5.74) is 0. The van der Waals surface area contributed by atoms with Gasteiger partial charge in [-0.05, 0) is 25.0 Å². The summed E-state index contributed by atoms with van der Waals surface area (Å²) in [6.45, 7) is -0.116. The number of carbonyl (C=O) groups excluding carboxylic acids is 1. The first kappa shape index (κ1) is 12.8. The molecule has 0 aromatic carbocycles. The Morgan fingerprint density at radius 3 is 2.94 bits per heavy atom. The largest absolute Gasteiger partial charge is 0.469 e. The smallest absolute Gasteiger partial charge is 0.204 e. The minimum absolute atomic E-state index is 0.107. The number of nitrogens with zero attached hydrogens (tertiary/aromatic N) is 1. The lowest BCUT2D eigenvalue weighted by molar-refractivity contribution is -0.481. The molecule has 1 aromatic heterocycles. The summed E-state index contributed by atoms with van der Waals surface area (Å²) in [6, 6.07) is 3.58. The Kier molecular flexibility index (Phi) is 4.12. The summed E-state index contributed by atoms with van der Waals surface area (Å²) in [6.07, 6.45) is 5.31. The Balaban J connectivity index is 2.13. The number of Topliss-reactive ketones (excluding diaryl/α,β-unsaturated/α-hetero) is 1. The molecule has 1 fully saturated rings. The van der Waals surface area contributed by atoms with Crippen LogP contribution in [0.5, 0.6) is 0 Å². The first-order valence-corrected chi connectivity index (χ1v) is 6.36. The highest BCUT2D eigenvalue weighted by Gasteiger charge is 2.33. The molecule has 18 heavy (non-hydrogen) atoms. The third-order valence-corrected chi connectivity index (χ3v) is 3.62. The van der Waals surface area contributed by atoms with Crippen LogP contribution >= 0.6 is 0 Å². The van der Waals surface area contributed by atoms with E-state index in [1.54, 1.807) is 12.3 Å². The lowest BCUT2D eigenvalue weighted by atomic mass is 9.76. The number of carbonyl (C=O) groups is 1. The van der Waals surface area contributed by atoms with Crippen LogP contribution in [0.2, 0.25) is 0 Å². The SMILES string of the molecule is O=C1CCCC[C@H]1[C@H](CC[N+](=O)[O-])c1ccco1. The van der Waals surface area contributed by atoms with Gasteiger partial charge in [0, 0.05) is 29.6 Å². The topological polar surface area (TPSA) is 73.3 Å². The van der Waals surface area contributed by atoms with Crippen molar-refractivity contribution in [3.8, 4) is 0 Å². The number of hydrogen-bond acceptors (Lipinski definition) is 4. The summed E-state index contributed by atoms with van der Waals surface area (Å²) >= 11 is 0. The van der Waals surface area contributed by atoms with Crippen molar-refractivity contribution < 1.29 is 14.1 Å². The lowest BCUT2D eigenvalue weighted by Crippen LogP contribution is -2.27. The van der Waals surface area contributed by atoms with Gasteiger partial charge in [0.15, 0.2) is 0 Å². The molecular formula is C13H17NO4. The van der Waals surface area contributed by atoms with Crippen molar-refractivity contribution >= 4 is 5.78 Å². The van der Waals surface area contributed by atoms with Gasteiger partial charge in [0.2, 0.25) is 6.54 Å². The Labute approximate surface area is 105 Å². The Bertz CT molecular complexity index is 413. The van der Waals surface area contributed by atoms with Crippen molar-refractivity contribution in [1.82, 2.24) is 0 Å². The molecule has 2 atom stereocenters. The second-order valence-electron chi connectivity index (χ2n) is 4.79. The maximum Gasteiger partial charge on any atom is 0.204 e. The van der Waals surface area contributed by atoms with Gasteiger partial charge in [-0.2, -0.15) is 0 Å². The van der Waals surface area contributed by atoms with E-state index in [1.165, 1.54) is 0 Å². The zero-order valence-electron chi connectivity index (χ0n) is 10.2. The number of hydrogen-bond donors (Lipinski definition) is 0. The lowest BCUT2D eigenvalue weighted by Gasteiger charge is -2.26. The molecule has 0 spiro atoms. The molecule has 2 rings (SSSR count). The molecule has 0 aliphatic heterocycles. The molecule has 0 N–H and O–H groups in total. The standard InChI is InChI=1S/C13H17NO4/c15-12-5-2-1-4-10(12)11(7-8-14(16)17)13-6-3-9-18-13/h3,6,9-11H,1-2,4-5,7-8H2/t10-,11-/m0/s1. The second-order valence-corrected chi connectivity index (χ2v) is 4.79. The number of rotatable bonds is 5.